The molecule has 1 aromatic heterocycles. The molecule has 0 radical (unpaired) electrons. The van der Waals surface area contributed by atoms with E-state index in [9.17, 15) is 0 Å². The lowest BCUT2D eigenvalue weighted by molar-refractivity contribution is 1.47. The first kappa shape index (κ1) is 8.36. The second kappa shape index (κ2) is 2.76. The van der Waals surface area contributed by atoms with Crippen molar-refractivity contribution in [2.75, 3.05) is 5.73 Å². The predicted molar refractivity (Wildman–Crippen MR) is 65.0 cm³/mol. The minimum absolute atomic E-state index is 0.851. The number of anilines is 1. The van der Waals surface area contributed by atoms with Crippen molar-refractivity contribution in [2.45, 2.75) is 6.92 Å². The molecule has 0 saturated carbocycles. The highest BCUT2D eigenvalue weighted by atomic mass is 14.7. The van der Waals surface area contributed by atoms with Crippen LogP contribution < -0.4 is 5.73 Å². The van der Waals surface area contributed by atoms with Gasteiger partial charge >= 0.3 is 0 Å². The number of hydrogen-bond acceptors (Lipinski definition) is 1. The van der Waals surface area contributed by atoms with Crippen molar-refractivity contribution in [1.82, 2.24) is 4.98 Å². The fourth-order valence-electron chi connectivity index (χ4n) is 2.04. The van der Waals surface area contributed by atoms with E-state index in [-0.39, 0.29) is 0 Å². The topological polar surface area (TPSA) is 41.8 Å². The zero-order chi connectivity index (χ0) is 10.4. The van der Waals surface area contributed by atoms with Crippen molar-refractivity contribution in [2.24, 2.45) is 0 Å². The molecule has 0 saturated heterocycles. The fraction of sp³-hybridized carbons (Fsp3) is 0.0769. The Morgan fingerprint density at radius 3 is 2.67 bits per heavy atom. The van der Waals surface area contributed by atoms with Crippen LogP contribution in [0.2, 0.25) is 0 Å². The van der Waals surface area contributed by atoms with Crippen molar-refractivity contribution in [3.8, 4) is 0 Å². The number of para-hydroxylation sites is 1. The minimum atomic E-state index is 0.851. The number of hydrogen-bond donors (Lipinski definition) is 2. The van der Waals surface area contributed by atoms with Crippen LogP contribution in [0.25, 0.3) is 21.8 Å². The SMILES string of the molecule is Cc1ccc2c([nH]c3ccccc32)c1N. The van der Waals surface area contributed by atoms with Crippen molar-refractivity contribution in [1.29, 1.82) is 0 Å². The van der Waals surface area contributed by atoms with Crippen LogP contribution in [0.15, 0.2) is 36.4 Å². The van der Waals surface area contributed by atoms with Crippen molar-refractivity contribution in [3.63, 3.8) is 0 Å². The Kier molecular flexibility index (Phi) is 1.54. The lowest BCUT2D eigenvalue weighted by atomic mass is 10.1. The Labute approximate surface area is 87.7 Å². The van der Waals surface area contributed by atoms with Gasteiger partial charge in [0, 0.05) is 16.3 Å². The first-order chi connectivity index (χ1) is 7.27. The Balaban J connectivity index is 2.60. The average Bonchev–Trinajstić information content (AvgIpc) is 2.63. The van der Waals surface area contributed by atoms with E-state index < -0.39 is 0 Å². The molecule has 0 amide bonds. The van der Waals surface area contributed by atoms with Crippen LogP contribution in [0.1, 0.15) is 5.56 Å². The largest absolute Gasteiger partial charge is 0.397 e. The van der Waals surface area contributed by atoms with E-state index in [2.05, 4.69) is 29.2 Å². The molecule has 15 heavy (non-hydrogen) atoms. The molecule has 0 aliphatic heterocycles. The molecule has 0 spiro atoms. The fourth-order valence-corrected chi connectivity index (χ4v) is 2.04. The van der Waals surface area contributed by atoms with Gasteiger partial charge in [0.05, 0.1) is 11.2 Å². The molecule has 1 heterocycles. The smallest absolute Gasteiger partial charge is 0.0701 e. The summed E-state index contributed by atoms with van der Waals surface area (Å²) in [6.45, 7) is 2.03. The number of nitrogen functional groups attached to an aromatic ring is 1. The Bertz CT molecular complexity index is 650. The third kappa shape index (κ3) is 1.05. The summed E-state index contributed by atoms with van der Waals surface area (Å²) in [7, 11) is 0. The lowest BCUT2D eigenvalue weighted by Gasteiger charge is -2.00. The molecule has 2 aromatic carbocycles. The first-order valence-corrected chi connectivity index (χ1v) is 5.03. The van der Waals surface area contributed by atoms with E-state index >= 15 is 0 Å². The average molecular weight is 196 g/mol. The molecule has 0 fully saturated rings. The number of benzene rings is 2. The van der Waals surface area contributed by atoms with Crippen LogP contribution in [-0.2, 0) is 0 Å². The summed E-state index contributed by atoms with van der Waals surface area (Å²) < 4.78 is 0. The van der Waals surface area contributed by atoms with E-state index in [4.69, 9.17) is 5.73 Å². The molecule has 0 bridgehead atoms. The number of rotatable bonds is 0. The zero-order valence-electron chi connectivity index (χ0n) is 8.54. The molecular weight excluding hydrogens is 184 g/mol. The van der Waals surface area contributed by atoms with E-state index in [1.165, 1.54) is 10.8 Å². The molecule has 2 nitrogen and oxygen atoms in total. The van der Waals surface area contributed by atoms with Gasteiger partial charge in [-0.25, -0.2) is 0 Å². The molecule has 0 aliphatic carbocycles. The lowest BCUT2D eigenvalue weighted by Crippen LogP contribution is -1.89. The number of aromatic amines is 1. The summed E-state index contributed by atoms with van der Waals surface area (Å²) in [6, 6.07) is 12.5. The summed E-state index contributed by atoms with van der Waals surface area (Å²) in [6.07, 6.45) is 0. The van der Waals surface area contributed by atoms with Crippen LogP contribution in [0.5, 0.6) is 0 Å². The zero-order valence-corrected chi connectivity index (χ0v) is 8.54. The molecule has 74 valence electrons. The number of H-pyrrole nitrogens is 1. The normalized spacial score (nSPS) is 11.3. The highest BCUT2D eigenvalue weighted by molar-refractivity contribution is 6.11. The summed E-state index contributed by atoms with van der Waals surface area (Å²) in [5.41, 5.74) is 10.2. The van der Waals surface area contributed by atoms with Gasteiger partial charge in [-0.15, -0.1) is 0 Å². The summed E-state index contributed by atoms with van der Waals surface area (Å²) >= 11 is 0. The molecule has 0 unspecified atom stereocenters. The van der Waals surface area contributed by atoms with Gasteiger partial charge in [-0.1, -0.05) is 30.3 Å². The summed E-state index contributed by atoms with van der Waals surface area (Å²) in [5, 5.41) is 2.44. The molecule has 0 aliphatic rings. The molecule has 3 rings (SSSR count). The third-order valence-electron chi connectivity index (χ3n) is 2.94. The van der Waals surface area contributed by atoms with Gasteiger partial charge in [0.1, 0.15) is 0 Å². The highest BCUT2D eigenvalue weighted by Gasteiger charge is 2.06. The van der Waals surface area contributed by atoms with Crippen molar-refractivity contribution >= 4 is 27.5 Å². The third-order valence-corrected chi connectivity index (χ3v) is 2.94. The standard InChI is InChI=1S/C13H12N2/c1-8-6-7-10-9-4-2-3-5-11(9)15-13(10)12(8)14/h2-7,15H,14H2,1H3. The number of aryl methyl sites for hydroxylation is 1. The monoisotopic (exact) mass is 196 g/mol. The molecule has 0 atom stereocenters. The van der Waals surface area contributed by atoms with Gasteiger partial charge in [-0.2, -0.15) is 0 Å². The van der Waals surface area contributed by atoms with Crippen LogP contribution in [-0.4, -0.2) is 4.98 Å². The number of nitrogens with two attached hydrogens (primary N) is 1. The maximum Gasteiger partial charge on any atom is 0.0701 e. The Morgan fingerprint density at radius 2 is 1.80 bits per heavy atom. The Hall–Kier alpha value is -1.96. The van der Waals surface area contributed by atoms with Gasteiger partial charge in [-0.05, 0) is 18.6 Å². The molecule has 3 aromatic rings. The predicted octanol–water partition coefficient (Wildman–Crippen LogP) is 3.21. The summed E-state index contributed by atoms with van der Waals surface area (Å²) in [5.74, 6) is 0. The quantitative estimate of drug-likeness (QED) is 0.532. The van der Waals surface area contributed by atoms with E-state index in [0.29, 0.717) is 0 Å². The van der Waals surface area contributed by atoms with Crippen LogP contribution in [0, 0.1) is 6.92 Å². The van der Waals surface area contributed by atoms with Crippen molar-refractivity contribution in [3.05, 3.63) is 42.0 Å². The van der Waals surface area contributed by atoms with Gasteiger partial charge in [-0.3, -0.25) is 0 Å². The maximum absolute atomic E-state index is 6.05. The second-order valence-electron chi connectivity index (χ2n) is 3.89. The van der Waals surface area contributed by atoms with Crippen molar-refractivity contribution < 1.29 is 0 Å². The van der Waals surface area contributed by atoms with E-state index in [1.54, 1.807) is 0 Å². The van der Waals surface area contributed by atoms with Gasteiger partial charge in [0.15, 0.2) is 0 Å². The van der Waals surface area contributed by atoms with Gasteiger partial charge in [0.25, 0.3) is 0 Å². The van der Waals surface area contributed by atoms with Crippen LogP contribution in [0.3, 0.4) is 0 Å². The molecular formula is C13H12N2. The maximum atomic E-state index is 6.05. The van der Waals surface area contributed by atoms with E-state index in [0.717, 1.165) is 22.3 Å². The first-order valence-electron chi connectivity index (χ1n) is 5.03. The van der Waals surface area contributed by atoms with Crippen LogP contribution >= 0.6 is 0 Å². The van der Waals surface area contributed by atoms with Crippen LogP contribution in [0.4, 0.5) is 5.69 Å². The number of nitrogens with one attached hydrogen (secondary N) is 1. The Morgan fingerprint density at radius 1 is 1.00 bits per heavy atom. The van der Waals surface area contributed by atoms with Gasteiger partial charge < -0.3 is 10.7 Å². The van der Waals surface area contributed by atoms with E-state index in [1.807, 2.05) is 19.1 Å². The molecule has 3 N–H and O–H groups in total. The second-order valence-corrected chi connectivity index (χ2v) is 3.89. The molecule has 2 heteroatoms. The summed E-state index contributed by atoms with van der Waals surface area (Å²) in [4.78, 5) is 3.36. The van der Waals surface area contributed by atoms with Gasteiger partial charge in [0.2, 0.25) is 0 Å². The minimum Gasteiger partial charge on any atom is -0.397 e. The number of aromatic nitrogens is 1. The number of fused-ring (bicyclic) bond motifs is 3. The highest BCUT2D eigenvalue weighted by Crippen LogP contribution is 2.30.